The number of ether oxygens (including phenoxy) is 1. The Kier molecular flexibility index (Phi) is 3.36. The molecule has 1 aromatic heterocycles. The zero-order valence-corrected chi connectivity index (χ0v) is 11.9. The van der Waals surface area contributed by atoms with E-state index in [9.17, 15) is 0 Å². The molecule has 3 aromatic rings. The van der Waals surface area contributed by atoms with Gasteiger partial charge in [-0.15, -0.1) is 6.58 Å². The molecule has 1 heterocycles. The fourth-order valence-electron chi connectivity index (χ4n) is 2.47. The SMILES string of the molecule is C=CCn1c(-c2cccc(OC)c2)nc2c(N)cccc21. The monoisotopic (exact) mass is 279 g/mol. The molecule has 0 unspecified atom stereocenters. The predicted molar refractivity (Wildman–Crippen MR) is 86.3 cm³/mol. The van der Waals surface area contributed by atoms with Crippen LogP contribution in [0.2, 0.25) is 0 Å². The Morgan fingerprint density at radius 2 is 2.10 bits per heavy atom. The summed E-state index contributed by atoms with van der Waals surface area (Å²) in [5, 5.41) is 0. The second-order valence-electron chi connectivity index (χ2n) is 4.78. The fraction of sp³-hybridized carbons (Fsp3) is 0.118. The first-order valence-electron chi connectivity index (χ1n) is 6.74. The summed E-state index contributed by atoms with van der Waals surface area (Å²) in [7, 11) is 1.66. The molecule has 0 atom stereocenters. The normalized spacial score (nSPS) is 10.7. The van der Waals surface area contributed by atoms with E-state index < -0.39 is 0 Å². The van der Waals surface area contributed by atoms with E-state index in [0.717, 1.165) is 28.2 Å². The summed E-state index contributed by atoms with van der Waals surface area (Å²) < 4.78 is 7.40. The maximum Gasteiger partial charge on any atom is 0.141 e. The number of methoxy groups -OCH3 is 1. The van der Waals surface area contributed by atoms with E-state index in [1.165, 1.54) is 0 Å². The molecule has 0 fully saturated rings. The van der Waals surface area contributed by atoms with Crippen molar-refractivity contribution in [2.45, 2.75) is 6.54 Å². The highest BCUT2D eigenvalue weighted by atomic mass is 16.5. The van der Waals surface area contributed by atoms with Crippen LogP contribution >= 0.6 is 0 Å². The molecular weight excluding hydrogens is 262 g/mol. The van der Waals surface area contributed by atoms with Gasteiger partial charge in [-0.2, -0.15) is 0 Å². The molecule has 0 saturated heterocycles. The summed E-state index contributed by atoms with van der Waals surface area (Å²) in [5.41, 5.74) is 9.54. The number of hydrogen-bond donors (Lipinski definition) is 1. The van der Waals surface area contributed by atoms with Gasteiger partial charge in [0.1, 0.15) is 17.1 Å². The van der Waals surface area contributed by atoms with Crippen molar-refractivity contribution in [1.29, 1.82) is 0 Å². The van der Waals surface area contributed by atoms with Crippen molar-refractivity contribution in [3.05, 3.63) is 55.1 Å². The number of hydrogen-bond acceptors (Lipinski definition) is 3. The molecule has 0 aliphatic rings. The van der Waals surface area contributed by atoms with Gasteiger partial charge in [-0.1, -0.05) is 24.3 Å². The molecule has 0 aliphatic carbocycles. The van der Waals surface area contributed by atoms with Crippen molar-refractivity contribution in [3.63, 3.8) is 0 Å². The molecule has 4 nitrogen and oxygen atoms in total. The third kappa shape index (κ3) is 2.25. The second kappa shape index (κ2) is 5.32. The lowest BCUT2D eigenvalue weighted by molar-refractivity contribution is 0.415. The van der Waals surface area contributed by atoms with Gasteiger partial charge in [0.25, 0.3) is 0 Å². The molecule has 21 heavy (non-hydrogen) atoms. The first-order chi connectivity index (χ1) is 10.2. The number of anilines is 1. The Labute approximate surface area is 123 Å². The molecular formula is C17H17N3O. The van der Waals surface area contributed by atoms with Gasteiger partial charge in [-0.05, 0) is 24.3 Å². The summed E-state index contributed by atoms with van der Waals surface area (Å²) in [6.07, 6.45) is 1.86. The number of imidazole rings is 1. The van der Waals surface area contributed by atoms with Gasteiger partial charge in [0.2, 0.25) is 0 Å². The molecule has 2 N–H and O–H groups in total. The Morgan fingerprint density at radius 3 is 2.86 bits per heavy atom. The lowest BCUT2D eigenvalue weighted by Gasteiger charge is -2.07. The van der Waals surface area contributed by atoms with E-state index in [1.807, 2.05) is 48.5 Å². The topological polar surface area (TPSA) is 53.1 Å². The van der Waals surface area contributed by atoms with E-state index in [0.29, 0.717) is 12.2 Å². The zero-order valence-electron chi connectivity index (χ0n) is 11.9. The smallest absolute Gasteiger partial charge is 0.141 e. The molecule has 4 heteroatoms. The second-order valence-corrected chi connectivity index (χ2v) is 4.78. The van der Waals surface area contributed by atoms with Gasteiger partial charge < -0.3 is 15.0 Å². The predicted octanol–water partition coefficient (Wildman–Crippen LogP) is 3.48. The average molecular weight is 279 g/mol. The maximum atomic E-state index is 6.04. The number of allylic oxidation sites excluding steroid dienone is 1. The van der Waals surface area contributed by atoms with Gasteiger partial charge >= 0.3 is 0 Å². The molecule has 0 spiro atoms. The number of nitrogens with two attached hydrogens (primary N) is 1. The minimum absolute atomic E-state index is 0.673. The molecule has 3 rings (SSSR count). The van der Waals surface area contributed by atoms with Crippen LogP contribution in [-0.4, -0.2) is 16.7 Å². The van der Waals surface area contributed by atoms with Crippen molar-refractivity contribution in [2.24, 2.45) is 0 Å². The van der Waals surface area contributed by atoms with Crippen molar-refractivity contribution in [1.82, 2.24) is 9.55 Å². The van der Waals surface area contributed by atoms with Gasteiger partial charge in [0.05, 0.1) is 18.3 Å². The molecule has 0 radical (unpaired) electrons. The van der Waals surface area contributed by atoms with Crippen LogP contribution in [0.3, 0.4) is 0 Å². The summed E-state index contributed by atoms with van der Waals surface area (Å²) in [4.78, 5) is 4.71. The number of nitrogen functional groups attached to an aromatic ring is 1. The van der Waals surface area contributed by atoms with Crippen LogP contribution in [0.25, 0.3) is 22.4 Å². The van der Waals surface area contributed by atoms with Crippen LogP contribution in [0, 0.1) is 0 Å². The number of nitrogens with zero attached hydrogens (tertiary/aromatic N) is 2. The third-order valence-electron chi connectivity index (χ3n) is 3.45. The zero-order chi connectivity index (χ0) is 14.8. The quantitative estimate of drug-likeness (QED) is 0.587. The van der Waals surface area contributed by atoms with Crippen molar-refractivity contribution >= 4 is 16.7 Å². The Hall–Kier alpha value is -2.75. The van der Waals surface area contributed by atoms with E-state index in [1.54, 1.807) is 7.11 Å². The minimum Gasteiger partial charge on any atom is -0.497 e. The van der Waals surface area contributed by atoms with Crippen molar-refractivity contribution < 1.29 is 4.74 Å². The molecule has 106 valence electrons. The van der Waals surface area contributed by atoms with Crippen molar-refractivity contribution in [2.75, 3.05) is 12.8 Å². The van der Waals surface area contributed by atoms with Gasteiger partial charge in [0.15, 0.2) is 0 Å². The highest BCUT2D eigenvalue weighted by Gasteiger charge is 2.13. The van der Waals surface area contributed by atoms with E-state index >= 15 is 0 Å². The molecule has 0 saturated carbocycles. The maximum absolute atomic E-state index is 6.04. The lowest BCUT2D eigenvalue weighted by Crippen LogP contribution is -1.98. The van der Waals surface area contributed by atoms with Gasteiger partial charge in [-0.3, -0.25) is 0 Å². The standard InChI is InChI=1S/C17H17N3O/c1-3-10-20-15-9-5-8-14(18)16(15)19-17(20)12-6-4-7-13(11-12)21-2/h3-9,11H,1,10,18H2,2H3. The number of para-hydroxylation sites is 1. The Morgan fingerprint density at radius 1 is 1.29 bits per heavy atom. The van der Waals surface area contributed by atoms with Crippen LogP contribution in [-0.2, 0) is 6.54 Å². The summed E-state index contributed by atoms with van der Waals surface area (Å²) in [6, 6.07) is 13.7. The third-order valence-corrected chi connectivity index (χ3v) is 3.45. The van der Waals surface area contributed by atoms with Crippen molar-refractivity contribution in [3.8, 4) is 17.1 Å². The Balaban J connectivity index is 2.27. The summed E-state index contributed by atoms with van der Waals surface area (Å²) >= 11 is 0. The minimum atomic E-state index is 0.673. The highest BCUT2D eigenvalue weighted by molar-refractivity contribution is 5.90. The average Bonchev–Trinajstić information content (AvgIpc) is 2.88. The van der Waals surface area contributed by atoms with Crippen LogP contribution in [0.1, 0.15) is 0 Å². The number of rotatable bonds is 4. The summed E-state index contributed by atoms with van der Waals surface area (Å²) in [5.74, 6) is 1.67. The fourth-order valence-corrected chi connectivity index (χ4v) is 2.47. The number of fused-ring (bicyclic) bond motifs is 1. The lowest BCUT2D eigenvalue weighted by atomic mass is 10.2. The van der Waals surface area contributed by atoms with Crippen LogP contribution in [0.5, 0.6) is 5.75 Å². The molecule has 0 bridgehead atoms. The number of benzene rings is 2. The van der Waals surface area contributed by atoms with Crippen LogP contribution in [0.15, 0.2) is 55.1 Å². The first-order valence-corrected chi connectivity index (χ1v) is 6.74. The first kappa shape index (κ1) is 13.2. The number of aromatic nitrogens is 2. The summed E-state index contributed by atoms with van der Waals surface area (Å²) in [6.45, 7) is 4.50. The Bertz CT molecular complexity index is 805. The molecule has 0 amide bonds. The van der Waals surface area contributed by atoms with Crippen LogP contribution < -0.4 is 10.5 Å². The van der Waals surface area contributed by atoms with Gasteiger partial charge in [-0.25, -0.2) is 4.98 Å². The van der Waals surface area contributed by atoms with Crippen LogP contribution in [0.4, 0.5) is 5.69 Å². The highest BCUT2D eigenvalue weighted by Crippen LogP contribution is 2.29. The van der Waals surface area contributed by atoms with E-state index in [-0.39, 0.29) is 0 Å². The molecule has 0 aliphatic heterocycles. The largest absolute Gasteiger partial charge is 0.497 e. The van der Waals surface area contributed by atoms with E-state index in [2.05, 4.69) is 11.1 Å². The van der Waals surface area contributed by atoms with E-state index in [4.69, 9.17) is 15.5 Å². The molecule has 2 aromatic carbocycles. The van der Waals surface area contributed by atoms with Gasteiger partial charge in [0, 0.05) is 12.1 Å².